The molecule has 0 N–H and O–H groups in total. The van der Waals surface area contributed by atoms with Crippen LogP contribution in [0.2, 0.25) is 0 Å². The third-order valence-corrected chi connectivity index (χ3v) is 8.44. The highest BCUT2D eigenvalue weighted by Crippen LogP contribution is 2.51. The Balaban J connectivity index is 1.95. The Morgan fingerprint density at radius 3 is 1.86 bits per heavy atom. The highest BCUT2D eigenvalue weighted by atomic mass is 79.9. The van der Waals surface area contributed by atoms with Crippen molar-refractivity contribution in [1.29, 1.82) is 0 Å². The zero-order valence-corrected chi connectivity index (χ0v) is 21.8. The van der Waals surface area contributed by atoms with Gasteiger partial charge in [0.25, 0.3) is 0 Å². The summed E-state index contributed by atoms with van der Waals surface area (Å²) in [5.41, 5.74) is 3.22. The Hall–Kier alpha value is -2.90. The first-order valence-corrected chi connectivity index (χ1v) is 12.7. The van der Waals surface area contributed by atoms with Crippen LogP contribution in [0.3, 0.4) is 0 Å². The summed E-state index contributed by atoms with van der Waals surface area (Å²) in [5.74, 6) is 0. The van der Waals surface area contributed by atoms with E-state index in [1.165, 1.54) is 0 Å². The van der Waals surface area contributed by atoms with Gasteiger partial charge in [-0.25, -0.2) is 0 Å². The van der Waals surface area contributed by atoms with Crippen molar-refractivity contribution >= 4 is 37.5 Å². The first kappa shape index (κ1) is 14.6. The molecule has 1 heteroatoms. The van der Waals surface area contributed by atoms with E-state index >= 15 is 0 Å². The lowest BCUT2D eigenvalue weighted by Crippen LogP contribution is -2.34. The zero-order valence-electron chi connectivity index (χ0n) is 29.3. The molecule has 35 heavy (non-hydrogen) atoms. The molecule has 0 atom stereocenters. The summed E-state index contributed by atoms with van der Waals surface area (Å²) >= 11 is 3.66. The Morgan fingerprint density at radius 2 is 1.20 bits per heavy atom. The van der Waals surface area contributed by atoms with Crippen LogP contribution < -0.4 is 0 Å². The molecule has 1 aliphatic rings. The molecular weight excluding hydrogens is 488 g/mol. The standard InChI is InChI=1S/C34H31Br/c1-33(2)18-19-34(3,4)30-21-28(27(20-29(30)33)22-12-6-5-7-13-22)31-23-14-8-10-16-25(23)32(35)26-17-11-9-15-24(26)31/h5-17,20-21H,18-19H2,1-4H3/i5D,6D,7D,8D,10D,12D,13D,14D,16D. The molecule has 0 saturated carbocycles. The van der Waals surface area contributed by atoms with Gasteiger partial charge >= 0.3 is 0 Å². The van der Waals surface area contributed by atoms with Crippen LogP contribution >= 0.6 is 15.9 Å². The van der Waals surface area contributed by atoms with Gasteiger partial charge in [-0.1, -0.05) is 106 Å². The van der Waals surface area contributed by atoms with E-state index in [9.17, 15) is 0 Å². The molecule has 0 bridgehead atoms. The fraction of sp³-hybridized carbons (Fsp3) is 0.235. The van der Waals surface area contributed by atoms with E-state index in [0.29, 0.717) is 31.9 Å². The number of hydrogen-bond donors (Lipinski definition) is 0. The second-order valence-electron chi connectivity index (χ2n) is 10.7. The molecule has 6 rings (SSSR count). The molecule has 5 aromatic rings. The fourth-order valence-corrected chi connectivity index (χ4v) is 6.16. The third kappa shape index (κ3) is 3.55. The second kappa shape index (κ2) is 8.07. The summed E-state index contributed by atoms with van der Waals surface area (Å²) < 4.78 is 78.6. The van der Waals surface area contributed by atoms with Crippen LogP contribution in [0.25, 0.3) is 43.8 Å². The van der Waals surface area contributed by atoms with Crippen LogP contribution in [0.4, 0.5) is 0 Å². The lowest BCUT2D eigenvalue weighted by atomic mass is 9.62. The van der Waals surface area contributed by atoms with Gasteiger partial charge in [0.15, 0.2) is 0 Å². The fourth-order valence-electron chi connectivity index (χ4n) is 5.52. The van der Waals surface area contributed by atoms with Crippen molar-refractivity contribution in [3.8, 4) is 22.3 Å². The maximum atomic E-state index is 9.10. The molecule has 5 aromatic carbocycles. The SMILES string of the molecule is [2H]c1c([2H])c([2H])c(-c2cc3c(cc2-c2c4ccccc4c(Br)c4c([2H])c([2H])c([2H])c([2H])c24)C(C)(C)CCC3(C)C)c([2H])c1[2H]. The summed E-state index contributed by atoms with van der Waals surface area (Å²) in [6.45, 7) is 8.68. The van der Waals surface area contributed by atoms with Crippen LogP contribution in [0.1, 0.15) is 64.0 Å². The highest BCUT2D eigenvalue weighted by molar-refractivity contribution is 9.10. The van der Waals surface area contributed by atoms with E-state index in [4.69, 9.17) is 12.3 Å². The number of rotatable bonds is 2. The van der Waals surface area contributed by atoms with Gasteiger partial charge in [-0.2, -0.15) is 0 Å². The number of fused-ring (bicyclic) bond motifs is 3. The Kier molecular flexibility index (Phi) is 3.37. The minimum Gasteiger partial charge on any atom is -0.0622 e. The van der Waals surface area contributed by atoms with Crippen molar-refractivity contribution in [2.24, 2.45) is 0 Å². The summed E-state index contributed by atoms with van der Waals surface area (Å²) in [6.07, 6.45) is 1.83. The molecule has 174 valence electrons. The largest absolute Gasteiger partial charge is 0.0630 e. The van der Waals surface area contributed by atoms with E-state index in [-0.39, 0.29) is 52.6 Å². The lowest BCUT2D eigenvalue weighted by Gasteiger charge is -2.42. The van der Waals surface area contributed by atoms with Crippen molar-refractivity contribution < 1.29 is 12.3 Å². The van der Waals surface area contributed by atoms with Gasteiger partial charge in [0.2, 0.25) is 0 Å². The van der Waals surface area contributed by atoms with Gasteiger partial charge in [-0.05, 0) is 107 Å². The maximum absolute atomic E-state index is 9.10. The average Bonchev–Trinajstić information content (AvgIpc) is 2.99. The average molecular weight is 529 g/mol. The molecular formula is C34H31Br. The van der Waals surface area contributed by atoms with Gasteiger partial charge in [-0.15, -0.1) is 0 Å². The topological polar surface area (TPSA) is 0 Å². The van der Waals surface area contributed by atoms with Crippen molar-refractivity contribution in [1.82, 2.24) is 0 Å². The van der Waals surface area contributed by atoms with Crippen molar-refractivity contribution in [3.63, 3.8) is 0 Å². The molecule has 0 aromatic heterocycles. The first-order chi connectivity index (χ1) is 20.5. The van der Waals surface area contributed by atoms with Crippen molar-refractivity contribution in [2.75, 3.05) is 0 Å². The predicted octanol–water partition coefficient (Wildman–Crippen LogP) is 10.4. The van der Waals surface area contributed by atoms with Crippen molar-refractivity contribution in [2.45, 2.75) is 51.4 Å². The van der Waals surface area contributed by atoms with Gasteiger partial charge in [-0.3, -0.25) is 0 Å². The van der Waals surface area contributed by atoms with Gasteiger partial charge in [0, 0.05) is 4.47 Å². The predicted molar refractivity (Wildman–Crippen MR) is 155 cm³/mol. The number of halogens is 1. The maximum Gasteiger partial charge on any atom is 0.0630 e. The van der Waals surface area contributed by atoms with Crippen LogP contribution in [0, 0.1) is 0 Å². The summed E-state index contributed by atoms with van der Waals surface area (Å²) in [5, 5.41) is 2.10. The van der Waals surface area contributed by atoms with Crippen molar-refractivity contribution in [3.05, 3.63) is 106 Å². The molecule has 0 radical (unpaired) electrons. The molecule has 0 unspecified atom stereocenters. The molecule has 0 heterocycles. The Labute approximate surface area is 229 Å². The molecule has 0 spiro atoms. The summed E-state index contributed by atoms with van der Waals surface area (Å²) in [7, 11) is 0. The van der Waals surface area contributed by atoms with Crippen LogP contribution in [0.5, 0.6) is 0 Å². The van der Waals surface area contributed by atoms with E-state index in [1.807, 2.05) is 36.4 Å². The molecule has 1 aliphatic carbocycles. The molecule has 0 aliphatic heterocycles. The smallest absolute Gasteiger partial charge is 0.0622 e. The summed E-state index contributed by atoms with van der Waals surface area (Å²) in [6, 6.07) is 8.46. The summed E-state index contributed by atoms with van der Waals surface area (Å²) in [4.78, 5) is 0. The molecule has 0 nitrogen and oxygen atoms in total. The molecule has 0 fully saturated rings. The zero-order chi connectivity index (χ0) is 32.2. The van der Waals surface area contributed by atoms with Crippen LogP contribution in [-0.4, -0.2) is 0 Å². The number of benzene rings is 5. The van der Waals surface area contributed by atoms with Gasteiger partial charge in [0.1, 0.15) is 0 Å². The van der Waals surface area contributed by atoms with E-state index < -0.39 is 18.1 Å². The minimum absolute atomic E-state index is 0.0639. The number of hydrogen-bond acceptors (Lipinski definition) is 0. The lowest BCUT2D eigenvalue weighted by molar-refractivity contribution is 0.332. The first-order valence-electron chi connectivity index (χ1n) is 16.4. The van der Waals surface area contributed by atoms with E-state index in [2.05, 4.69) is 43.6 Å². The molecule has 0 amide bonds. The van der Waals surface area contributed by atoms with E-state index in [1.54, 1.807) is 0 Å². The highest BCUT2D eigenvalue weighted by Gasteiger charge is 2.38. The molecule has 0 saturated heterocycles. The monoisotopic (exact) mass is 527 g/mol. The van der Waals surface area contributed by atoms with E-state index in [0.717, 1.165) is 34.7 Å². The second-order valence-corrected chi connectivity index (χ2v) is 11.5. The van der Waals surface area contributed by atoms with Gasteiger partial charge < -0.3 is 0 Å². The van der Waals surface area contributed by atoms with Gasteiger partial charge in [0.05, 0.1) is 12.3 Å². The van der Waals surface area contributed by atoms with Crippen LogP contribution in [0.15, 0.2) is 95.3 Å². The van der Waals surface area contributed by atoms with Crippen LogP contribution in [-0.2, 0) is 10.8 Å². The third-order valence-electron chi connectivity index (χ3n) is 7.62. The quantitative estimate of drug-likeness (QED) is 0.200. The normalized spacial score (nSPS) is 20.0. The minimum atomic E-state index is -0.474. The Morgan fingerprint density at radius 1 is 0.657 bits per heavy atom. The Bertz CT molecular complexity index is 2050.